The number of hydrogen-bond acceptors (Lipinski definition) is 6. The predicted octanol–water partition coefficient (Wildman–Crippen LogP) is 2.18. The monoisotopic (exact) mass is 373 g/mol. The summed E-state index contributed by atoms with van der Waals surface area (Å²) < 4.78 is 12.5. The van der Waals surface area contributed by atoms with E-state index in [0.29, 0.717) is 17.5 Å². The van der Waals surface area contributed by atoms with Crippen molar-refractivity contribution in [2.45, 2.75) is 44.4 Å². The summed E-state index contributed by atoms with van der Waals surface area (Å²) >= 11 is 0. The number of aryl methyl sites for hydroxylation is 2. The predicted molar refractivity (Wildman–Crippen MR) is 97.2 cm³/mol. The molecule has 4 heterocycles. The van der Waals surface area contributed by atoms with Crippen LogP contribution in [0.2, 0.25) is 0 Å². The maximum atomic E-state index is 12.6. The fourth-order valence-corrected chi connectivity index (χ4v) is 3.99. The third-order valence-corrected chi connectivity index (χ3v) is 5.57. The molecule has 0 aliphatic carbocycles. The molecule has 8 heteroatoms. The highest BCUT2D eigenvalue weighted by molar-refractivity contribution is 5.92. The average Bonchev–Trinajstić information content (AvgIpc) is 3.36. The van der Waals surface area contributed by atoms with Crippen LogP contribution in [0.4, 0.5) is 0 Å². The minimum Gasteiger partial charge on any atom is -0.381 e. The number of nitrogens with zero attached hydrogens (tertiary/aromatic N) is 5. The van der Waals surface area contributed by atoms with Gasteiger partial charge in [-0.2, -0.15) is 10.1 Å². The van der Waals surface area contributed by atoms with Crippen LogP contribution in [0.25, 0.3) is 0 Å². The van der Waals surface area contributed by atoms with E-state index in [1.807, 2.05) is 11.9 Å². The first-order chi connectivity index (χ1) is 13.2. The number of hydrogen-bond donors (Lipinski definition) is 0. The molecule has 146 valence electrons. The Kier molecular flexibility index (Phi) is 5.52. The van der Waals surface area contributed by atoms with Crippen molar-refractivity contribution >= 4 is 5.91 Å². The Morgan fingerprint density at radius 3 is 2.93 bits per heavy atom. The summed E-state index contributed by atoms with van der Waals surface area (Å²) in [4.78, 5) is 19.1. The van der Waals surface area contributed by atoms with E-state index in [2.05, 4.69) is 15.2 Å². The number of carbonyl (C=O) groups is 1. The SMILES string of the molecule is Cn1ccc(C(=O)N2CCCC(CCc3noc(C4CCOCC4)n3)C2)n1. The number of rotatable bonds is 5. The van der Waals surface area contributed by atoms with E-state index in [9.17, 15) is 4.79 Å². The van der Waals surface area contributed by atoms with Gasteiger partial charge in [-0.1, -0.05) is 5.16 Å². The Morgan fingerprint density at radius 2 is 2.15 bits per heavy atom. The number of likely N-dealkylation sites (tertiary alicyclic amines) is 1. The third kappa shape index (κ3) is 4.37. The molecule has 0 N–H and O–H groups in total. The van der Waals surface area contributed by atoms with Crippen LogP contribution in [-0.4, -0.2) is 57.0 Å². The van der Waals surface area contributed by atoms with Gasteiger partial charge in [-0.15, -0.1) is 0 Å². The van der Waals surface area contributed by atoms with Crippen molar-refractivity contribution in [3.63, 3.8) is 0 Å². The van der Waals surface area contributed by atoms with Crippen molar-refractivity contribution in [2.75, 3.05) is 26.3 Å². The summed E-state index contributed by atoms with van der Waals surface area (Å²) in [6, 6.07) is 1.78. The number of piperidine rings is 1. The zero-order valence-electron chi connectivity index (χ0n) is 15.8. The van der Waals surface area contributed by atoms with E-state index in [-0.39, 0.29) is 5.91 Å². The summed E-state index contributed by atoms with van der Waals surface area (Å²) in [7, 11) is 1.83. The molecule has 0 bridgehead atoms. The molecule has 8 nitrogen and oxygen atoms in total. The molecular formula is C19H27N5O3. The van der Waals surface area contributed by atoms with E-state index < -0.39 is 0 Å². The second kappa shape index (κ2) is 8.21. The van der Waals surface area contributed by atoms with Crippen molar-refractivity contribution in [1.82, 2.24) is 24.8 Å². The van der Waals surface area contributed by atoms with Crippen molar-refractivity contribution in [3.8, 4) is 0 Å². The Labute approximate surface area is 158 Å². The third-order valence-electron chi connectivity index (χ3n) is 5.57. The van der Waals surface area contributed by atoms with Gasteiger partial charge in [0.05, 0.1) is 0 Å². The van der Waals surface area contributed by atoms with Crippen LogP contribution in [0.15, 0.2) is 16.8 Å². The minimum atomic E-state index is 0.0293. The summed E-state index contributed by atoms with van der Waals surface area (Å²) in [5.41, 5.74) is 0.525. The Hall–Kier alpha value is -2.22. The zero-order chi connectivity index (χ0) is 18.6. The van der Waals surface area contributed by atoms with Gasteiger partial charge in [-0.25, -0.2) is 0 Å². The molecule has 2 aliphatic heterocycles. The lowest BCUT2D eigenvalue weighted by molar-refractivity contribution is 0.0661. The molecule has 2 aromatic heterocycles. The van der Waals surface area contributed by atoms with Gasteiger partial charge in [0, 0.05) is 51.9 Å². The number of carbonyl (C=O) groups excluding carboxylic acids is 1. The molecule has 27 heavy (non-hydrogen) atoms. The molecule has 2 saturated heterocycles. The van der Waals surface area contributed by atoms with Gasteiger partial charge in [0.25, 0.3) is 5.91 Å². The van der Waals surface area contributed by atoms with E-state index in [0.717, 1.165) is 76.5 Å². The van der Waals surface area contributed by atoms with Gasteiger partial charge in [0.15, 0.2) is 5.82 Å². The number of aromatic nitrogens is 4. The molecule has 1 atom stereocenters. The largest absolute Gasteiger partial charge is 0.381 e. The fraction of sp³-hybridized carbons (Fsp3) is 0.684. The first-order valence-electron chi connectivity index (χ1n) is 9.88. The van der Waals surface area contributed by atoms with E-state index in [4.69, 9.17) is 9.26 Å². The smallest absolute Gasteiger partial charge is 0.274 e. The van der Waals surface area contributed by atoms with Gasteiger partial charge in [-0.3, -0.25) is 9.48 Å². The Balaban J connectivity index is 1.29. The van der Waals surface area contributed by atoms with Gasteiger partial charge in [0.1, 0.15) is 5.69 Å². The van der Waals surface area contributed by atoms with Gasteiger partial charge >= 0.3 is 0 Å². The first-order valence-corrected chi connectivity index (χ1v) is 9.88. The lowest BCUT2D eigenvalue weighted by Gasteiger charge is -2.32. The van der Waals surface area contributed by atoms with Crippen LogP contribution in [0.5, 0.6) is 0 Å². The molecule has 1 amide bonds. The van der Waals surface area contributed by atoms with Crippen molar-refractivity contribution in [3.05, 3.63) is 29.7 Å². The van der Waals surface area contributed by atoms with Gasteiger partial charge in [-0.05, 0) is 44.1 Å². The van der Waals surface area contributed by atoms with Gasteiger partial charge < -0.3 is 14.2 Å². The second-order valence-corrected chi connectivity index (χ2v) is 7.61. The topological polar surface area (TPSA) is 86.3 Å². The molecule has 0 spiro atoms. The second-order valence-electron chi connectivity index (χ2n) is 7.61. The molecule has 0 radical (unpaired) electrons. The van der Waals surface area contributed by atoms with Crippen molar-refractivity contribution < 1.29 is 14.1 Å². The molecule has 2 aliphatic rings. The van der Waals surface area contributed by atoms with Crippen LogP contribution in [0, 0.1) is 5.92 Å². The van der Waals surface area contributed by atoms with Gasteiger partial charge in [0.2, 0.25) is 5.89 Å². The highest BCUT2D eigenvalue weighted by Gasteiger charge is 2.26. The molecular weight excluding hydrogens is 346 g/mol. The number of ether oxygens (including phenoxy) is 1. The van der Waals surface area contributed by atoms with Crippen molar-refractivity contribution in [1.29, 1.82) is 0 Å². The normalized spacial score (nSPS) is 21.5. The summed E-state index contributed by atoms with van der Waals surface area (Å²) in [6.45, 7) is 3.12. The van der Waals surface area contributed by atoms with E-state index >= 15 is 0 Å². The van der Waals surface area contributed by atoms with Crippen LogP contribution in [-0.2, 0) is 18.2 Å². The maximum Gasteiger partial charge on any atom is 0.274 e. The van der Waals surface area contributed by atoms with Crippen LogP contribution >= 0.6 is 0 Å². The number of amides is 1. The highest BCUT2D eigenvalue weighted by atomic mass is 16.5. The Morgan fingerprint density at radius 1 is 1.30 bits per heavy atom. The molecule has 2 aromatic rings. The summed E-state index contributed by atoms with van der Waals surface area (Å²) in [6.07, 6.45) is 7.64. The molecule has 1 unspecified atom stereocenters. The lowest BCUT2D eigenvalue weighted by atomic mass is 9.93. The minimum absolute atomic E-state index is 0.0293. The highest BCUT2D eigenvalue weighted by Crippen LogP contribution is 2.26. The molecule has 4 rings (SSSR count). The standard InChI is InChI=1S/C19H27N5O3/c1-23-10-6-16(21-23)19(25)24-9-2-3-14(13-24)4-5-17-20-18(27-22-17)15-7-11-26-12-8-15/h6,10,14-15H,2-5,7-9,11-13H2,1H3. The van der Waals surface area contributed by atoms with Crippen LogP contribution in [0.1, 0.15) is 60.2 Å². The first kappa shape index (κ1) is 18.2. The van der Waals surface area contributed by atoms with Crippen molar-refractivity contribution in [2.24, 2.45) is 13.0 Å². The van der Waals surface area contributed by atoms with E-state index in [1.54, 1.807) is 16.9 Å². The summed E-state index contributed by atoms with van der Waals surface area (Å²) in [5.74, 6) is 2.37. The maximum absolute atomic E-state index is 12.6. The quantitative estimate of drug-likeness (QED) is 0.798. The average molecular weight is 373 g/mol. The fourth-order valence-electron chi connectivity index (χ4n) is 3.99. The van der Waals surface area contributed by atoms with E-state index in [1.165, 1.54) is 0 Å². The van der Waals surface area contributed by atoms with Crippen LogP contribution in [0.3, 0.4) is 0 Å². The molecule has 2 fully saturated rings. The molecule has 0 saturated carbocycles. The van der Waals surface area contributed by atoms with Crippen LogP contribution < -0.4 is 0 Å². The lowest BCUT2D eigenvalue weighted by Crippen LogP contribution is -2.40. The molecule has 0 aromatic carbocycles. The zero-order valence-corrected chi connectivity index (χ0v) is 15.8. The summed E-state index contributed by atoms with van der Waals surface area (Å²) in [5, 5.41) is 8.40. The Bertz CT molecular complexity index is 765.